The Balaban J connectivity index is 2.24. The number of hydrogen-bond acceptors (Lipinski definition) is 3. The largest absolute Gasteiger partial charge is 0.484 e. The number of rotatable bonds is 7. The van der Waals surface area contributed by atoms with Crippen LogP contribution in [-0.2, 0) is 9.59 Å². The van der Waals surface area contributed by atoms with Crippen molar-refractivity contribution in [2.75, 3.05) is 13.2 Å². The zero-order valence-electron chi connectivity index (χ0n) is 10.6. The molecular formula is C13H16FNO4. The summed E-state index contributed by atoms with van der Waals surface area (Å²) >= 11 is 0. The summed E-state index contributed by atoms with van der Waals surface area (Å²) in [5, 5.41) is 11.1. The molecule has 0 radical (unpaired) electrons. The van der Waals surface area contributed by atoms with E-state index in [1.54, 1.807) is 6.92 Å². The molecule has 1 amide bonds. The first-order valence-corrected chi connectivity index (χ1v) is 5.84. The van der Waals surface area contributed by atoms with Crippen molar-refractivity contribution in [1.29, 1.82) is 0 Å². The van der Waals surface area contributed by atoms with Gasteiger partial charge in [-0.25, -0.2) is 4.39 Å². The van der Waals surface area contributed by atoms with Crippen LogP contribution in [0.3, 0.4) is 0 Å². The van der Waals surface area contributed by atoms with E-state index in [-0.39, 0.29) is 37.2 Å². The molecule has 0 heterocycles. The lowest BCUT2D eigenvalue weighted by atomic mass is 10.1. The molecule has 1 aromatic carbocycles. The topological polar surface area (TPSA) is 75.6 Å². The van der Waals surface area contributed by atoms with Crippen molar-refractivity contribution in [2.45, 2.75) is 13.3 Å². The van der Waals surface area contributed by atoms with Gasteiger partial charge in [0.25, 0.3) is 5.91 Å². The molecule has 1 aromatic rings. The van der Waals surface area contributed by atoms with Crippen LogP contribution in [0.1, 0.15) is 13.3 Å². The number of carboxylic acids is 1. The molecule has 1 atom stereocenters. The number of carbonyl (C=O) groups is 2. The first kappa shape index (κ1) is 14.9. The minimum atomic E-state index is -0.899. The lowest BCUT2D eigenvalue weighted by molar-refractivity contribution is -0.138. The Morgan fingerprint density at radius 2 is 2.00 bits per heavy atom. The highest BCUT2D eigenvalue weighted by Crippen LogP contribution is 2.10. The van der Waals surface area contributed by atoms with Crippen LogP contribution < -0.4 is 10.1 Å². The van der Waals surface area contributed by atoms with E-state index < -0.39 is 5.97 Å². The summed E-state index contributed by atoms with van der Waals surface area (Å²) in [5.41, 5.74) is 0. The highest BCUT2D eigenvalue weighted by atomic mass is 19.1. The molecule has 0 aliphatic rings. The zero-order valence-corrected chi connectivity index (χ0v) is 10.6. The highest BCUT2D eigenvalue weighted by Gasteiger charge is 2.09. The van der Waals surface area contributed by atoms with E-state index in [0.717, 1.165) is 0 Å². The van der Waals surface area contributed by atoms with Crippen molar-refractivity contribution in [3.05, 3.63) is 30.1 Å². The summed E-state index contributed by atoms with van der Waals surface area (Å²) in [6.07, 6.45) is -0.000894. The fraction of sp³-hybridized carbons (Fsp3) is 0.385. The van der Waals surface area contributed by atoms with Gasteiger partial charge in [0.15, 0.2) is 6.61 Å². The van der Waals surface area contributed by atoms with E-state index in [1.807, 2.05) is 0 Å². The van der Waals surface area contributed by atoms with E-state index in [2.05, 4.69) is 5.32 Å². The molecule has 0 aliphatic heterocycles. The Bertz CT molecular complexity index is 433. The van der Waals surface area contributed by atoms with Gasteiger partial charge in [-0.15, -0.1) is 0 Å². The number of aliphatic carboxylic acids is 1. The second kappa shape index (κ2) is 7.35. The van der Waals surface area contributed by atoms with Gasteiger partial charge in [0, 0.05) is 13.0 Å². The lowest BCUT2D eigenvalue weighted by Gasteiger charge is -2.11. The fourth-order valence-corrected chi connectivity index (χ4v) is 1.39. The molecule has 19 heavy (non-hydrogen) atoms. The number of nitrogens with one attached hydrogen (secondary N) is 1. The van der Waals surface area contributed by atoms with Gasteiger partial charge in [-0.05, 0) is 30.2 Å². The maximum absolute atomic E-state index is 12.6. The van der Waals surface area contributed by atoms with Gasteiger partial charge < -0.3 is 15.2 Å². The molecule has 104 valence electrons. The summed E-state index contributed by atoms with van der Waals surface area (Å²) in [5.74, 6) is -1.37. The highest BCUT2D eigenvalue weighted by molar-refractivity contribution is 5.77. The summed E-state index contributed by atoms with van der Waals surface area (Å²) in [6.45, 7) is 1.82. The fourth-order valence-electron chi connectivity index (χ4n) is 1.39. The predicted octanol–water partition coefficient (Wildman–Crippen LogP) is 1.43. The average molecular weight is 269 g/mol. The van der Waals surface area contributed by atoms with E-state index in [9.17, 15) is 14.0 Å². The Hall–Kier alpha value is -2.11. The third kappa shape index (κ3) is 6.40. The van der Waals surface area contributed by atoms with Crippen molar-refractivity contribution in [3.8, 4) is 5.75 Å². The van der Waals surface area contributed by atoms with E-state index in [4.69, 9.17) is 9.84 Å². The second-order valence-corrected chi connectivity index (χ2v) is 4.25. The minimum absolute atomic E-state index is 0.000894. The van der Waals surface area contributed by atoms with Crippen LogP contribution in [0.2, 0.25) is 0 Å². The number of ether oxygens (including phenoxy) is 1. The first-order chi connectivity index (χ1) is 8.97. The summed E-state index contributed by atoms with van der Waals surface area (Å²) < 4.78 is 17.8. The van der Waals surface area contributed by atoms with E-state index in [1.165, 1.54) is 24.3 Å². The molecule has 0 fully saturated rings. The maximum Gasteiger partial charge on any atom is 0.303 e. The number of hydrogen-bond donors (Lipinski definition) is 2. The number of halogens is 1. The van der Waals surface area contributed by atoms with Crippen LogP contribution in [0.25, 0.3) is 0 Å². The molecule has 0 bridgehead atoms. The van der Waals surface area contributed by atoms with Gasteiger partial charge in [-0.2, -0.15) is 0 Å². The van der Waals surface area contributed by atoms with Crippen molar-refractivity contribution >= 4 is 11.9 Å². The first-order valence-electron chi connectivity index (χ1n) is 5.84. The molecular weight excluding hydrogens is 253 g/mol. The number of amides is 1. The van der Waals surface area contributed by atoms with Gasteiger partial charge in [-0.1, -0.05) is 6.92 Å². The van der Waals surface area contributed by atoms with Crippen LogP contribution >= 0.6 is 0 Å². The standard InChI is InChI=1S/C13H16FNO4/c1-9(6-13(17)18)7-15-12(16)8-19-11-4-2-10(14)3-5-11/h2-5,9H,6-8H2,1H3,(H,15,16)(H,17,18). The number of carboxylic acid groups (broad SMARTS) is 1. The van der Waals surface area contributed by atoms with Gasteiger partial charge in [-0.3, -0.25) is 9.59 Å². The van der Waals surface area contributed by atoms with Crippen LogP contribution in [0.5, 0.6) is 5.75 Å². The Kier molecular flexibility index (Phi) is 5.78. The third-order valence-electron chi connectivity index (χ3n) is 2.35. The van der Waals surface area contributed by atoms with Crippen molar-refractivity contribution < 1.29 is 23.8 Å². The van der Waals surface area contributed by atoms with E-state index >= 15 is 0 Å². The zero-order chi connectivity index (χ0) is 14.3. The SMILES string of the molecule is CC(CNC(=O)COc1ccc(F)cc1)CC(=O)O. The quantitative estimate of drug-likeness (QED) is 0.785. The molecule has 1 rings (SSSR count). The molecule has 6 heteroatoms. The van der Waals surface area contributed by atoms with Gasteiger partial charge in [0.05, 0.1) is 0 Å². The van der Waals surface area contributed by atoms with Gasteiger partial charge in [0.2, 0.25) is 0 Å². The second-order valence-electron chi connectivity index (χ2n) is 4.25. The van der Waals surface area contributed by atoms with Crippen LogP contribution in [-0.4, -0.2) is 30.1 Å². The normalized spacial score (nSPS) is 11.7. The number of benzene rings is 1. The smallest absolute Gasteiger partial charge is 0.303 e. The van der Waals surface area contributed by atoms with Crippen molar-refractivity contribution in [1.82, 2.24) is 5.32 Å². The molecule has 2 N–H and O–H groups in total. The molecule has 0 aliphatic carbocycles. The molecule has 0 aromatic heterocycles. The molecule has 0 saturated carbocycles. The summed E-state index contributed by atoms with van der Waals surface area (Å²) in [6, 6.07) is 5.33. The number of carbonyl (C=O) groups excluding carboxylic acids is 1. The van der Waals surface area contributed by atoms with Crippen LogP contribution in [0, 0.1) is 11.7 Å². The average Bonchev–Trinajstić information content (AvgIpc) is 2.35. The van der Waals surface area contributed by atoms with Gasteiger partial charge in [0.1, 0.15) is 11.6 Å². The predicted molar refractivity (Wildman–Crippen MR) is 66.3 cm³/mol. The molecule has 0 spiro atoms. The van der Waals surface area contributed by atoms with Gasteiger partial charge >= 0.3 is 5.97 Å². The molecule has 0 saturated heterocycles. The molecule has 1 unspecified atom stereocenters. The Labute approximate surface area is 110 Å². The van der Waals surface area contributed by atoms with Crippen molar-refractivity contribution in [2.24, 2.45) is 5.92 Å². The molecule has 5 nitrogen and oxygen atoms in total. The monoisotopic (exact) mass is 269 g/mol. The third-order valence-corrected chi connectivity index (χ3v) is 2.35. The maximum atomic E-state index is 12.6. The summed E-state index contributed by atoms with van der Waals surface area (Å²) in [4.78, 5) is 21.8. The Morgan fingerprint density at radius 1 is 1.37 bits per heavy atom. The van der Waals surface area contributed by atoms with E-state index in [0.29, 0.717) is 5.75 Å². The van der Waals surface area contributed by atoms with Crippen molar-refractivity contribution in [3.63, 3.8) is 0 Å². The lowest BCUT2D eigenvalue weighted by Crippen LogP contribution is -2.33. The van der Waals surface area contributed by atoms with Crippen LogP contribution in [0.4, 0.5) is 4.39 Å². The summed E-state index contributed by atoms with van der Waals surface area (Å²) in [7, 11) is 0. The Morgan fingerprint density at radius 3 is 2.58 bits per heavy atom. The minimum Gasteiger partial charge on any atom is -0.484 e. The van der Waals surface area contributed by atoms with Crippen LogP contribution in [0.15, 0.2) is 24.3 Å².